The van der Waals surface area contributed by atoms with E-state index in [1.54, 1.807) is 0 Å². The van der Waals surface area contributed by atoms with Crippen LogP contribution < -0.4 is 0 Å². The average molecular weight is 403 g/mol. The largest absolute Gasteiger partial charge is 0.142 e. The third-order valence-corrected chi connectivity index (χ3v) is 6.13. The Balaban J connectivity index is 1.99. The number of hydrogen-bond acceptors (Lipinski definition) is 3. The van der Waals surface area contributed by atoms with Crippen LogP contribution >= 0.6 is 37.9 Å². The van der Waals surface area contributed by atoms with E-state index in [-0.39, 0.29) is 0 Å². The monoisotopic (exact) mass is 402 g/mol. The van der Waals surface area contributed by atoms with E-state index < -0.39 is 0 Å². The highest BCUT2D eigenvalue weighted by atomic mass is 32.1. The minimum Gasteiger partial charge on any atom is -0.142 e. The minimum absolute atomic E-state index is 0.853. The average Bonchev–Trinajstić information content (AvgIpc) is 2.72. The lowest BCUT2D eigenvalue weighted by atomic mass is 9.92. The first-order valence-electron chi connectivity index (χ1n) is 8.65. The molecule has 0 radical (unpaired) electrons. The lowest BCUT2D eigenvalue weighted by Gasteiger charge is -2.18. The molecule has 4 aromatic rings. The zero-order valence-electron chi connectivity index (χ0n) is 14.5. The normalized spacial score (nSPS) is 10.8. The summed E-state index contributed by atoms with van der Waals surface area (Å²) in [4.78, 5) is 2.65. The molecule has 4 aromatic carbocycles. The Bertz CT molecular complexity index is 1090. The minimum atomic E-state index is 0.853. The number of rotatable bonds is 3. The topological polar surface area (TPSA) is 0 Å². The van der Waals surface area contributed by atoms with Gasteiger partial charge in [-0.1, -0.05) is 84.9 Å². The molecule has 0 saturated heterocycles. The van der Waals surface area contributed by atoms with Gasteiger partial charge in [0.15, 0.2) is 0 Å². The van der Waals surface area contributed by atoms with Crippen LogP contribution in [-0.2, 0) is 0 Å². The summed E-state index contributed by atoms with van der Waals surface area (Å²) in [7, 11) is 0. The first-order chi connectivity index (χ1) is 13.2. The predicted octanol–water partition coefficient (Wildman–Crippen LogP) is 7.55. The standard InChI is InChI=1S/C24H18S3/c25-21-15-14-18(16-8-3-1-4-9-16)22(24(21)27)20-13-7-12-19(23(20)26)17-10-5-2-6-11-17/h1-15,25-27H. The first kappa shape index (κ1) is 18.3. The molecule has 0 aromatic heterocycles. The highest BCUT2D eigenvalue weighted by molar-refractivity contribution is 7.83. The molecule has 0 N–H and O–H groups in total. The van der Waals surface area contributed by atoms with Gasteiger partial charge >= 0.3 is 0 Å². The van der Waals surface area contributed by atoms with Crippen LogP contribution in [0.1, 0.15) is 0 Å². The van der Waals surface area contributed by atoms with Crippen molar-refractivity contribution in [2.75, 3.05) is 0 Å². The van der Waals surface area contributed by atoms with Crippen molar-refractivity contribution in [3.8, 4) is 33.4 Å². The molecular formula is C24H18S3. The van der Waals surface area contributed by atoms with Crippen molar-refractivity contribution in [3.63, 3.8) is 0 Å². The molecule has 0 aliphatic carbocycles. The lowest BCUT2D eigenvalue weighted by Crippen LogP contribution is -1.92. The predicted molar refractivity (Wildman–Crippen MR) is 125 cm³/mol. The summed E-state index contributed by atoms with van der Waals surface area (Å²) in [5, 5.41) is 0. The maximum atomic E-state index is 4.92. The van der Waals surface area contributed by atoms with Crippen molar-refractivity contribution in [2.45, 2.75) is 14.7 Å². The molecule has 0 saturated carbocycles. The molecule has 0 aliphatic rings. The fourth-order valence-corrected chi connectivity index (χ4v) is 4.20. The maximum Gasteiger partial charge on any atom is 0.0259 e. The summed E-state index contributed by atoms with van der Waals surface area (Å²) in [5.74, 6) is 0. The van der Waals surface area contributed by atoms with Crippen LogP contribution in [0.15, 0.2) is 106 Å². The molecule has 0 fully saturated rings. The summed E-state index contributed by atoms with van der Waals surface area (Å²) >= 11 is 14.3. The lowest BCUT2D eigenvalue weighted by molar-refractivity contribution is 1.26. The summed E-state index contributed by atoms with van der Waals surface area (Å²) in [6.07, 6.45) is 0. The number of benzene rings is 4. The van der Waals surface area contributed by atoms with Gasteiger partial charge in [-0.25, -0.2) is 0 Å². The summed E-state index contributed by atoms with van der Waals surface area (Å²) in [5.41, 5.74) is 6.63. The number of hydrogen-bond donors (Lipinski definition) is 3. The van der Waals surface area contributed by atoms with E-state index in [1.165, 1.54) is 0 Å². The third-order valence-electron chi connectivity index (χ3n) is 4.63. The van der Waals surface area contributed by atoms with Gasteiger partial charge in [0.1, 0.15) is 0 Å². The maximum absolute atomic E-state index is 4.92. The first-order valence-corrected chi connectivity index (χ1v) is 9.99. The van der Waals surface area contributed by atoms with E-state index in [0.29, 0.717) is 0 Å². The van der Waals surface area contributed by atoms with E-state index in [1.807, 2.05) is 42.5 Å². The fraction of sp³-hybridized carbons (Fsp3) is 0. The highest BCUT2D eigenvalue weighted by Gasteiger charge is 2.17. The Morgan fingerprint density at radius 2 is 0.963 bits per heavy atom. The zero-order chi connectivity index (χ0) is 18.8. The SMILES string of the molecule is Sc1ccc(-c2ccccc2)c(-c2cccc(-c3ccccc3)c2S)c1S. The van der Waals surface area contributed by atoms with Gasteiger partial charge in [-0.2, -0.15) is 0 Å². The molecule has 132 valence electrons. The Kier molecular flexibility index (Phi) is 5.35. The van der Waals surface area contributed by atoms with Crippen molar-refractivity contribution >= 4 is 37.9 Å². The highest BCUT2D eigenvalue weighted by Crippen LogP contribution is 2.44. The molecule has 0 nitrogen and oxygen atoms in total. The molecule has 4 rings (SSSR count). The van der Waals surface area contributed by atoms with Gasteiger partial charge in [0.25, 0.3) is 0 Å². The van der Waals surface area contributed by atoms with Gasteiger partial charge in [-0.15, -0.1) is 37.9 Å². The molecule has 0 aliphatic heterocycles. The Morgan fingerprint density at radius 3 is 1.59 bits per heavy atom. The second-order valence-corrected chi connectivity index (χ2v) is 7.67. The van der Waals surface area contributed by atoms with Crippen LogP contribution in [0.4, 0.5) is 0 Å². The van der Waals surface area contributed by atoms with E-state index in [0.717, 1.165) is 48.1 Å². The van der Waals surface area contributed by atoms with E-state index in [9.17, 15) is 0 Å². The van der Waals surface area contributed by atoms with Crippen molar-refractivity contribution in [1.29, 1.82) is 0 Å². The second kappa shape index (κ2) is 7.89. The zero-order valence-corrected chi connectivity index (χ0v) is 17.2. The van der Waals surface area contributed by atoms with E-state index in [4.69, 9.17) is 25.3 Å². The van der Waals surface area contributed by atoms with E-state index in [2.05, 4.69) is 61.2 Å². The van der Waals surface area contributed by atoms with Crippen molar-refractivity contribution in [2.24, 2.45) is 0 Å². The van der Waals surface area contributed by atoms with Gasteiger partial charge in [0.05, 0.1) is 0 Å². The van der Waals surface area contributed by atoms with Crippen LogP contribution in [0.3, 0.4) is 0 Å². The van der Waals surface area contributed by atoms with Crippen molar-refractivity contribution in [1.82, 2.24) is 0 Å². The third kappa shape index (κ3) is 3.55. The smallest absolute Gasteiger partial charge is 0.0259 e. The Labute approximate surface area is 176 Å². The quantitative estimate of drug-likeness (QED) is 0.289. The molecular weight excluding hydrogens is 384 g/mol. The van der Waals surface area contributed by atoms with Crippen LogP contribution in [0.2, 0.25) is 0 Å². The fourth-order valence-electron chi connectivity index (χ4n) is 3.31. The summed E-state index contributed by atoms with van der Waals surface area (Å²) < 4.78 is 0. The molecule has 0 unspecified atom stereocenters. The molecule has 27 heavy (non-hydrogen) atoms. The van der Waals surface area contributed by atoms with Crippen LogP contribution in [0.5, 0.6) is 0 Å². The van der Waals surface area contributed by atoms with Gasteiger partial charge in [0.2, 0.25) is 0 Å². The Hall–Kier alpha value is -2.07. The van der Waals surface area contributed by atoms with Crippen molar-refractivity contribution in [3.05, 3.63) is 91.0 Å². The molecule has 0 spiro atoms. The van der Waals surface area contributed by atoms with Gasteiger partial charge in [0, 0.05) is 20.2 Å². The number of thiol groups is 3. The second-order valence-electron chi connectivity index (χ2n) is 6.29. The summed E-state index contributed by atoms with van der Waals surface area (Å²) in [6, 6.07) is 31.1. The van der Waals surface area contributed by atoms with Crippen molar-refractivity contribution < 1.29 is 0 Å². The molecule has 0 heterocycles. The van der Waals surface area contributed by atoms with E-state index >= 15 is 0 Å². The molecule has 0 amide bonds. The van der Waals surface area contributed by atoms with Gasteiger partial charge in [-0.3, -0.25) is 0 Å². The Morgan fingerprint density at radius 1 is 0.407 bits per heavy atom. The van der Waals surface area contributed by atoms with Crippen LogP contribution in [0.25, 0.3) is 33.4 Å². The summed E-state index contributed by atoms with van der Waals surface area (Å²) in [6.45, 7) is 0. The van der Waals surface area contributed by atoms with Gasteiger partial charge in [-0.05, 0) is 33.9 Å². The molecule has 0 atom stereocenters. The molecule has 3 heteroatoms. The van der Waals surface area contributed by atoms with Crippen LogP contribution in [-0.4, -0.2) is 0 Å². The molecule has 0 bridgehead atoms. The van der Waals surface area contributed by atoms with Gasteiger partial charge < -0.3 is 0 Å². The van der Waals surface area contributed by atoms with Crippen LogP contribution in [0, 0.1) is 0 Å².